The zero-order chi connectivity index (χ0) is 21.8. The van der Waals surface area contributed by atoms with Crippen molar-refractivity contribution < 1.29 is 9.53 Å². The Morgan fingerprint density at radius 3 is 2.52 bits per heavy atom. The molecule has 1 aliphatic heterocycles. The fraction of sp³-hybridized carbons (Fsp3) is 0.348. The first kappa shape index (κ1) is 21.7. The molecule has 0 N–H and O–H groups in total. The lowest BCUT2D eigenvalue weighted by molar-refractivity contribution is -0.121. The van der Waals surface area contributed by atoms with E-state index >= 15 is 0 Å². The summed E-state index contributed by atoms with van der Waals surface area (Å²) in [4.78, 5) is 14.3. The number of unbranched alkanes of at least 4 members (excludes halogenated alkanes) is 1. The van der Waals surface area contributed by atoms with Gasteiger partial charge in [0.2, 0.25) is 0 Å². The number of amides is 1. The highest BCUT2D eigenvalue weighted by Gasteiger charge is 2.28. The molecule has 162 valence electrons. The molecule has 4 rings (SSSR count). The van der Waals surface area contributed by atoms with E-state index in [9.17, 15) is 4.79 Å². The van der Waals surface area contributed by atoms with Gasteiger partial charge in [0.05, 0.1) is 12.2 Å². The average Bonchev–Trinajstić information content (AvgIpc) is 3.15. The van der Waals surface area contributed by atoms with Crippen LogP contribution in [0.25, 0.3) is 0 Å². The van der Waals surface area contributed by atoms with E-state index in [-0.39, 0.29) is 12.5 Å². The highest BCUT2D eigenvalue weighted by Crippen LogP contribution is 2.35. The van der Waals surface area contributed by atoms with Gasteiger partial charge in [0.1, 0.15) is 11.6 Å². The smallest absolute Gasteiger partial charge is 0.265 e. The zero-order valence-electron chi connectivity index (χ0n) is 17.4. The first-order valence-corrected chi connectivity index (χ1v) is 11.2. The minimum atomic E-state index is -0.123. The molecule has 2 heterocycles. The third kappa shape index (κ3) is 5.02. The van der Waals surface area contributed by atoms with Gasteiger partial charge >= 0.3 is 0 Å². The van der Waals surface area contributed by atoms with E-state index in [0.29, 0.717) is 23.0 Å². The number of aromatic nitrogens is 3. The summed E-state index contributed by atoms with van der Waals surface area (Å²) < 4.78 is 7.70. The second kappa shape index (κ2) is 9.71. The molecule has 0 radical (unpaired) electrons. The van der Waals surface area contributed by atoms with Crippen LogP contribution >= 0.6 is 23.2 Å². The number of carbonyl (C=O) groups is 1. The van der Waals surface area contributed by atoms with Crippen LogP contribution < -0.4 is 9.64 Å². The summed E-state index contributed by atoms with van der Waals surface area (Å²) in [5.74, 6) is 2.21. The van der Waals surface area contributed by atoms with Crippen LogP contribution in [0.1, 0.15) is 37.0 Å². The molecule has 8 heteroatoms. The summed E-state index contributed by atoms with van der Waals surface area (Å²) in [6, 6.07) is 13.2. The summed E-state index contributed by atoms with van der Waals surface area (Å²) >= 11 is 12.2. The number of hydrogen-bond donors (Lipinski definition) is 0. The normalized spacial score (nSPS) is 13.3. The van der Waals surface area contributed by atoms with E-state index in [1.54, 1.807) is 23.1 Å². The molecule has 0 saturated carbocycles. The summed E-state index contributed by atoms with van der Waals surface area (Å²) in [7, 11) is 0. The molecule has 0 bridgehead atoms. The molecule has 31 heavy (non-hydrogen) atoms. The van der Waals surface area contributed by atoms with Crippen molar-refractivity contribution in [1.29, 1.82) is 0 Å². The molecule has 0 aliphatic carbocycles. The van der Waals surface area contributed by atoms with Crippen LogP contribution in [0, 0.1) is 0 Å². The van der Waals surface area contributed by atoms with Crippen LogP contribution in [-0.4, -0.2) is 27.3 Å². The lowest BCUT2D eigenvalue weighted by Crippen LogP contribution is -2.39. The third-order valence-corrected chi connectivity index (χ3v) is 5.84. The van der Waals surface area contributed by atoms with Crippen LogP contribution in [0.15, 0.2) is 42.5 Å². The van der Waals surface area contributed by atoms with E-state index in [2.05, 4.69) is 21.7 Å². The molecular formula is C23H24Cl2N4O2. The van der Waals surface area contributed by atoms with Crippen molar-refractivity contribution in [2.75, 3.05) is 11.5 Å². The molecule has 3 aromatic rings. The van der Waals surface area contributed by atoms with Gasteiger partial charge < -0.3 is 9.30 Å². The van der Waals surface area contributed by atoms with E-state index < -0.39 is 0 Å². The second-order valence-electron chi connectivity index (χ2n) is 7.54. The maximum Gasteiger partial charge on any atom is 0.265 e. The first-order valence-electron chi connectivity index (χ1n) is 10.4. The molecule has 1 amide bonds. The SMILES string of the molecule is CCCCn1c(CCc2ccc(Cl)cc2)nnc1CN1C(=O)COc2ccc(Cl)cc21. The van der Waals surface area contributed by atoms with Crippen LogP contribution in [0.4, 0.5) is 5.69 Å². The Morgan fingerprint density at radius 1 is 1.00 bits per heavy atom. The molecule has 0 atom stereocenters. The topological polar surface area (TPSA) is 60.2 Å². The van der Waals surface area contributed by atoms with Gasteiger partial charge in [-0.15, -0.1) is 10.2 Å². The van der Waals surface area contributed by atoms with Gasteiger partial charge in [-0.3, -0.25) is 9.69 Å². The van der Waals surface area contributed by atoms with Crippen molar-refractivity contribution in [3.8, 4) is 5.75 Å². The van der Waals surface area contributed by atoms with E-state index in [1.165, 1.54) is 5.56 Å². The number of hydrogen-bond acceptors (Lipinski definition) is 4. The maximum atomic E-state index is 12.6. The van der Waals surface area contributed by atoms with Crippen molar-refractivity contribution in [3.63, 3.8) is 0 Å². The monoisotopic (exact) mass is 458 g/mol. The van der Waals surface area contributed by atoms with Crippen molar-refractivity contribution in [2.24, 2.45) is 0 Å². The number of carbonyl (C=O) groups excluding carboxylic acids is 1. The number of rotatable bonds is 8. The quantitative estimate of drug-likeness (QED) is 0.471. The van der Waals surface area contributed by atoms with Gasteiger partial charge in [0.15, 0.2) is 12.4 Å². The average molecular weight is 459 g/mol. The third-order valence-electron chi connectivity index (χ3n) is 5.35. The number of ether oxygens (including phenoxy) is 1. The number of halogens is 2. The molecular weight excluding hydrogens is 435 g/mol. The highest BCUT2D eigenvalue weighted by molar-refractivity contribution is 6.31. The van der Waals surface area contributed by atoms with Gasteiger partial charge in [-0.05, 0) is 48.7 Å². The molecule has 1 aromatic heterocycles. The number of nitrogens with zero attached hydrogens (tertiary/aromatic N) is 4. The van der Waals surface area contributed by atoms with Crippen molar-refractivity contribution in [2.45, 2.75) is 45.7 Å². The predicted molar refractivity (Wildman–Crippen MR) is 122 cm³/mol. The lowest BCUT2D eigenvalue weighted by atomic mass is 10.1. The standard InChI is InChI=1S/C23H24Cl2N4O2/c1-2-3-12-28-21(11-6-16-4-7-17(24)8-5-16)26-27-22(28)14-29-19-13-18(25)9-10-20(19)31-15-23(29)30/h4-5,7-10,13H,2-3,6,11-12,14-15H2,1H3. The fourth-order valence-electron chi connectivity index (χ4n) is 3.65. The molecule has 0 unspecified atom stereocenters. The van der Waals surface area contributed by atoms with Gasteiger partial charge in [-0.25, -0.2) is 0 Å². The van der Waals surface area contributed by atoms with Gasteiger partial charge in [-0.1, -0.05) is 48.7 Å². The summed E-state index contributed by atoms with van der Waals surface area (Å²) in [6.07, 6.45) is 3.68. The van der Waals surface area contributed by atoms with E-state index in [1.807, 2.05) is 24.3 Å². The van der Waals surface area contributed by atoms with E-state index in [0.717, 1.165) is 48.9 Å². The predicted octanol–water partition coefficient (Wildman–Crippen LogP) is 5.10. The Hall–Kier alpha value is -2.57. The highest BCUT2D eigenvalue weighted by atomic mass is 35.5. The Kier molecular flexibility index (Phi) is 6.78. The summed E-state index contributed by atoms with van der Waals surface area (Å²) in [5.41, 5.74) is 1.86. The van der Waals surface area contributed by atoms with Gasteiger partial charge in [0.25, 0.3) is 5.91 Å². The Morgan fingerprint density at radius 2 is 1.74 bits per heavy atom. The fourth-order valence-corrected chi connectivity index (χ4v) is 3.94. The molecule has 2 aromatic carbocycles. The lowest BCUT2D eigenvalue weighted by Gasteiger charge is -2.29. The number of fused-ring (bicyclic) bond motifs is 1. The second-order valence-corrected chi connectivity index (χ2v) is 8.42. The van der Waals surface area contributed by atoms with Crippen molar-refractivity contribution >= 4 is 34.8 Å². The van der Waals surface area contributed by atoms with Gasteiger partial charge in [0, 0.05) is 23.0 Å². The molecule has 6 nitrogen and oxygen atoms in total. The Balaban J connectivity index is 1.57. The molecule has 0 saturated heterocycles. The number of aryl methyl sites for hydroxylation is 2. The van der Waals surface area contributed by atoms with Crippen LogP contribution in [0.2, 0.25) is 10.0 Å². The molecule has 1 aliphatic rings. The van der Waals surface area contributed by atoms with Crippen LogP contribution in [-0.2, 0) is 30.7 Å². The Labute approximate surface area is 191 Å². The van der Waals surface area contributed by atoms with Gasteiger partial charge in [-0.2, -0.15) is 0 Å². The number of benzene rings is 2. The van der Waals surface area contributed by atoms with Crippen LogP contribution in [0.5, 0.6) is 5.75 Å². The number of anilines is 1. The van der Waals surface area contributed by atoms with Crippen LogP contribution in [0.3, 0.4) is 0 Å². The summed E-state index contributed by atoms with van der Waals surface area (Å²) in [5, 5.41) is 10.2. The first-order chi connectivity index (χ1) is 15.0. The minimum Gasteiger partial charge on any atom is -0.482 e. The van der Waals surface area contributed by atoms with Crippen molar-refractivity contribution in [3.05, 3.63) is 69.7 Å². The molecule has 0 fully saturated rings. The minimum absolute atomic E-state index is 0.00114. The zero-order valence-corrected chi connectivity index (χ0v) is 18.9. The maximum absolute atomic E-state index is 12.6. The van der Waals surface area contributed by atoms with E-state index in [4.69, 9.17) is 27.9 Å². The van der Waals surface area contributed by atoms with Crippen molar-refractivity contribution in [1.82, 2.24) is 14.8 Å². The Bertz CT molecular complexity index is 1070. The molecule has 0 spiro atoms. The largest absolute Gasteiger partial charge is 0.482 e. The summed E-state index contributed by atoms with van der Waals surface area (Å²) in [6.45, 7) is 3.30.